The molecule has 1 heterocycles. The van der Waals surface area contributed by atoms with Crippen molar-refractivity contribution in [3.8, 4) is 18.1 Å². The summed E-state index contributed by atoms with van der Waals surface area (Å²) in [6.07, 6.45) is 8.88. The number of hydrogen-bond donors (Lipinski definition) is 2. The van der Waals surface area contributed by atoms with Crippen molar-refractivity contribution in [2.45, 2.75) is 31.7 Å². The second-order valence-corrected chi connectivity index (χ2v) is 7.30. The van der Waals surface area contributed by atoms with Crippen LogP contribution in [0.5, 0.6) is 5.75 Å². The molecule has 0 saturated heterocycles. The number of terminal acetylenes is 1. The predicted molar refractivity (Wildman–Crippen MR) is 102 cm³/mol. The third-order valence-electron chi connectivity index (χ3n) is 3.64. The van der Waals surface area contributed by atoms with Gasteiger partial charge in [-0.2, -0.15) is 0 Å². The zero-order valence-corrected chi connectivity index (χ0v) is 15.6. The molecule has 0 bridgehead atoms. The SMILES string of the molecule is C#Cc1cnc2c(C)cc(OC(SC)C(=O)NC(C)(C)CO)cc2c1. The summed E-state index contributed by atoms with van der Waals surface area (Å²) in [5, 5.41) is 12.9. The van der Waals surface area contributed by atoms with Gasteiger partial charge in [-0.3, -0.25) is 9.78 Å². The van der Waals surface area contributed by atoms with Gasteiger partial charge in [0, 0.05) is 17.1 Å². The molecule has 2 N–H and O–H groups in total. The van der Waals surface area contributed by atoms with E-state index in [1.54, 1.807) is 26.3 Å². The largest absolute Gasteiger partial charge is 0.470 e. The van der Waals surface area contributed by atoms with E-state index in [2.05, 4.69) is 16.2 Å². The molecule has 0 aliphatic rings. The fraction of sp³-hybridized carbons (Fsp3) is 0.368. The number of thioether (sulfide) groups is 1. The van der Waals surface area contributed by atoms with E-state index in [0.717, 1.165) is 16.5 Å². The second kappa shape index (κ2) is 7.77. The number of aromatic nitrogens is 1. The van der Waals surface area contributed by atoms with Crippen LogP contribution in [0.3, 0.4) is 0 Å². The number of carbonyl (C=O) groups excluding carboxylic acids is 1. The molecular formula is C19H22N2O3S. The van der Waals surface area contributed by atoms with Gasteiger partial charge in [0.2, 0.25) is 5.44 Å². The molecule has 1 atom stereocenters. The highest BCUT2D eigenvalue weighted by Crippen LogP contribution is 2.26. The maximum absolute atomic E-state index is 12.4. The Bertz CT molecular complexity index is 827. The van der Waals surface area contributed by atoms with Crippen molar-refractivity contribution in [1.82, 2.24) is 10.3 Å². The number of pyridine rings is 1. The van der Waals surface area contributed by atoms with Crippen molar-refractivity contribution in [3.05, 3.63) is 35.5 Å². The second-order valence-electron chi connectivity index (χ2n) is 6.40. The minimum absolute atomic E-state index is 0.157. The number of amides is 1. The summed E-state index contributed by atoms with van der Waals surface area (Å²) in [6.45, 7) is 5.27. The van der Waals surface area contributed by atoms with E-state index in [-0.39, 0.29) is 12.5 Å². The lowest BCUT2D eigenvalue weighted by Gasteiger charge is -2.26. The Morgan fingerprint density at radius 3 is 2.80 bits per heavy atom. The summed E-state index contributed by atoms with van der Waals surface area (Å²) in [6, 6.07) is 5.54. The maximum atomic E-state index is 12.4. The summed E-state index contributed by atoms with van der Waals surface area (Å²) in [5.41, 5.74) is 1.03. The number of fused-ring (bicyclic) bond motifs is 1. The maximum Gasteiger partial charge on any atom is 0.272 e. The van der Waals surface area contributed by atoms with Crippen LogP contribution < -0.4 is 10.1 Å². The van der Waals surface area contributed by atoms with Gasteiger partial charge in [-0.25, -0.2) is 0 Å². The van der Waals surface area contributed by atoms with Crippen LogP contribution in [0.15, 0.2) is 24.4 Å². The van der Waals surface area contributed by atoms with E-state index >= 15 is 0 Å². The van der Waals surface area contributed by atoms with Crippen LogP contribution in [0.2, 0.25) is 0 Å². The van der Waals surface area contributed by atoms with Crippen LogP contribution in [-0.4, -0.2) is 39.8 Å². The summed E-state index contributed by atoms with van der Waals surface area (Å²) in [5.74, 6) is 2.84. The van der Waals surface area contributed by atoms with Gasteiger partial charge >= 0.3 is 0 Å². The number of rotatable bonds is 6. The third kappa shape index (κ3) is 4.65. The molecule has 1 unspecified atom stereocenters. The molecule has 25 heavy (non-hydrogen) atoms. The molecule has 132 valence electrons. The van der Waals surface area contributed by atoms with Crippen LogP contribution >= 0.6 is 11.8 Å². The van der Waals surface area contributed by atoms with Crippen molar-refractivity contribution in [1.29, 1.82) is 0 Å². The molecule has 1 amide bonds. The number of carbonyl (C=O) groups is 1. The van der Waals surface area contributed by atoms with E-state index in [1.165, 1.54) is 11.8 Å². The number of benzene rings is 1. The first-order chi connectivity index (χ1) is 11.8. The fourth-order valence-corrected chi connectivity index (χ4v) is 2.79. The van der Waals surface area contributed by atoms with E-state index in [1.807, 2.05) is 25.1 Å². The number of nitrogens with one attached hydrogen (secondary N) is 1. The molecule has 5 nitrogen and oxygen atoms in total. The minimum atomic E-state index is -0.730. The molecule has 0 saturated carbocycles. The zero-order valence-electron chi connectivity index (χ0n) is 14.8. The number of aryl methyl sites for hydroxylation is 1. The number of aliphatic hydroxyl groups excluding tert-OH is 1. The molecule has 1 aromatic heterocycles. The lowest BCUT2D eigenvalue weighted by Crippen LogP contribution is -2.50. The van der Waals surface area contributed by atoms with Crippen molar-refractivity contribution in [2.75, 3.05) is 12.9 Å². The summed E-state index contributed by atoms with van der Waals surface area (Å²) in [7, 11) is 0. The standard InChI is InChI=1S/C19H22N2O3S/c1-6-13-8-14-9-15(7-12(2)16(14)20-10-13)24-18(25-5)17(23)21-19(3,4)11-22/h1,7-10,18,22H,11H2,2-5H3,(H,21,23). The third-order valence-corrected chi connectivity index (χ3v) is 4.38. The average Bonchev–Trinajstić information content (AvgIpc) is 2.58. The van der Waals surface area contributed by atoms with Gasteiger partial charge in [-0.15, -0.1) is 18.2 Å². The molecule has 0 aliphatic heterocycles. The Morgan fingerprint density at radius 2 is 2.20 bits per heavy atom. The van der Waals surface area contributed by atoms with Crippen LogP contribution in [0.1, 0.15) is 25.0 Å². The topological polar surface area (TPSA) is 71.5 Å². The Labute approximate surface area is 152 Å². The number of ether oxygens (including phenoxy) is 1. The highest BCUT2D eigenvalue weighted by molar-refractivity contribution is 7.99. The van der Waals surface area contributed by atoms with Gasteiger partial charge in [-0.1, -0.05) is 5.92 Å². The minimum Gasteiger partial charge on any atom is -0.470 e. The smallest absolute Gasteiger partial charge is 0.272 e. The van der Waals surface area contributed by atoms with Crippen molar-refractivity contribution >= 4 is 28.6 Å². The number of aliphatic hydroxyl groups is 1. The molecule has 0 aliphatic carbocycles. The molecule has 1 aromatic carbocycles. The fourth-order valence-electron chi connectivity index (χ4n) is 2.31. The molecule has 0 fully saturated rings. The lowest BCUT2D eigenvalue weighted by molar-refractivity contribution is -0.126. The number of hydrogen-bond acceptors (Lipinski definition) is 5. The van der Waals surface area contributed by atoms with Gasteiger partial charge in [-0.05, 0) is 50.8 Å². The molecule has 2 aromatic rings. The van der Waals surface area contributed by atoms with E-state index in [9.17, 15) is 9.90 Å². The molecule has 2 rings (SSSR count). The van der Waals surface area contributed by atoms with E-state index < -0.39 is 11.0 Å². The van der Waals surface area contributed by atoms with Gasteiger partial charge in [0.1, 0.15) is 5.75 Å². The normalized spacial score (nSPS) is 12.5. The Kier molecular flexibility index (Phi) is 5.93. The summed E-state index contributed by atoms with van der Waals surface area (Å²) >= 11 is 1.28. The lowest BCUT2D eigenvalue weighted by atomic mass is 10.1. The monoisotopic (exact) mass is 358 g/mol. The van der Waals surface area contributed by atoms with E-state index in [0.29, 0.717) is 11.3 Å². The molecular weight excluding hydrogens is 336 g/mol. The van der Waals surface area contributed by atoms with Gasteiger partial charge in [0.05, 0.1) is 17.7 Å². The van der Waals surface area contributed by atoms with Crippen LogP contribution in [0.25, 0.3) is 10.9 Å². The molecule has 0 radical (unpaired) electrons. The zero-order chi connectivity index (χ0) is 18.6. The molecule has 6 heteroatoms. The first kappa shape index (κ1) is 19.1. The van der Waals surface area contributed by atoms with Gasteiger partial charge < -0.3 is 15.2 Å². The molecule has 0 spiro atoms. The Morgan fingerprint density at radius 1 is 1.48 bits per heavy atom. The van der Waals surface area contributed by atoms with Crippen LogP contribution in [0, 0.1) is 19.3 Å². The van der Waals surface area contributed by atoms with E-state index in [4.69, 9.17) is 11.2 Å². The first-order valence-corrected chi connectivity index (χ1v) is 9.08. The Balaban J connectivity index is 2.28. The predicted octanol–water partition coefficient (Wildman–Crippen LogP) is 2.48. The summed E-state index contributed by atoms with van der Waals surface area (Å²) in [4.78, 5) is 16.8. The Hall–Kier alpha value is -2.23. The first-order valence-electron chi connectivity index (χ1n) is 7.79. The van der Waals surface area contributed by atoms with Gasteiger partial charge in [0.25, 0.3) is 5.91 Å². The van der Waals surface area contributed by atoms with Crippen molar-refractivity contribution in [3.63, 3.8) is 0 Å². The van der Waals surface area contributed by atoms with Crippen LogP contribution in [-0.2, 0) is 4.79 Å². The van der Waals surface area contributed by atoms with Crippen molar-refractivity contribution in [2.24, 2.45) is 0 Å². The van der Waals surface area contributed by atoms with Crippen LogP contribution in [0.4, 0.5) is 0 Å². The average molecular weight is 358 g/mol. The quantitative estimate of drug-likeness (QED) is 0.613. The summed E-state index contributed by atoms with van der Waals surface area (Å²) < 4.78 is 5.87. The highest BCUT2D eigenvalue weighted by atomic mass is 32.2. The highest BCUT2D eigenvalue weighted by Gasteiger charge is 2.26. The van der Waals surface area contributed by atoms with Gasteiger partial charge in [0.15, 0.2) is 0 Å². The number of nitrogens with zero attached hydrogens (tertiary/aromatic N) is 1. The van der Waals surface area contributed by atoms with Crippen molar-refractivity contribution < 1.29 is 14.6 Å².